The summed E-state index contributed by atoms with van der Waals surface area (Å²) in [6.45, 7) is 2.17. The first-order chi connectivity index (χ1) is 13.4. The molecule has 1 aromatic heterocycles. The second-order valence-electron chi connectivity index (χ2n) is 6.01. The van der Waals surface area contributed by atoms with Crippen LogP contribution in [0, 0.1) is 12.7 Å². The summed E-state index contributed by atoms with van der Waals surface area (Å²) in [7, 11) is 1.60. The molecule has 0 aliphatic rings. The van der Waals surface area contributed by atoms with Gasteiger partial charge in [-0.15, -0.1) is 0 Å². The quantitative estimate of drug-likeness (QED) is 0.462. The SMILES string of the molecule is COc1ccc(C)cc1NC(=S)Nc1nn(Cc2c(F)cccc2Cl)cc1Br. The van der Waals surface area contributed by atoms with E-state index in [0.717, 1.165) is 11.3 Å². The molecule has 0 amide bonds. The van der Waals surface area contributed by atoms with Crippen LogP contribution in [0.3, 0.4) is 0 Å². The van der Waals surface area contributed by atoms with Gasteiger partial charge in [0.05, 0.1) is 23.8 Å². The van der Waals surface area contributed by atoms with Gasteiger partial charge in [-0.05, 0) is 64.9 Å². The van der Waals surface area contributed by atoms with Crippen LogP contribution < -0.4 is 15.4 Å². The van der Waals surface area contributed by atoms with E-state index in [-0.39, 0.29) is 12.4 Å². The molecule has 0 unspecified atom stereocenters. The topological polar surface area (TPSA) is 51.1 Å². The Morgan fingerprint density at radius 3 is 2.82 bits per heavy atom. The van der Waals surface area contributed by atoms with Gasteiger partial charge in [-0.1, -0.05) is 23.7 Å². The number of methoxy groups -OCH3 is 1. The number of nitrogens with one attached hydrogen (secondary N) is 2. The summed E-state index contributed by atoms with van der Waals surface area (Å²) in [6, 6.07) is 10.3. The molecule has 3 aromatic rings. The number of aromatic nitrogens is 2. The van der Waals surface area contributed by atoms with Crippen molar-refractivity contribution < 1.29 is 9.13 Å². The van der Waals surface area contributed by atoms with Crippen molar-refractivity contribution in [3.8, 4) is 5.75 Å². The van der Waals surface area contributed by atoms with E-state index >= 15 is 0 Å². The average molecular weight is 484 g/mol. The molecule has 9 heteroatoms. The molecular formula is C19H17BrClFN4OS. The highest BCUT2D eigenvalue weighted by atomic mass is 79.9. The number of benzene rings is 2. The fourth-order valence-electron chi connectivity index (χ4n) is 2.59. The lowest BCUT2D eigenvalue weighted by atomic mass is 10.2. The highest BCUT2D eigenvalue weighted by Gasteiger charge is 2.13. The van der Waals surface area contributed by atoms with Crippen LogP contribution in [0.15, 0.2) is 47.1 Å². The maximum absolute atomic E-state index is 14.0. The predicted octanol–water partition coefficient (Wildman–Crippen LogP) is 5.61. The van der Waals surface area contributed by atoms with E-state index in [4.69, 9.17) is 28.6 Å². The lowest BCUT2D eigenvalue weighted by molar-refractivity contribution is 0.417. The van der Waals surface area contributed by atoms with Crippen molar-refractivity contribution in [1.82, 2.24) is 9.78 Å². The Balaban J connectivity index is 1.73. The van der Waals surface area contributed by atoms with Gasteiger partial charge in [-0.3, -0.25) is 4.68 Å². The molecule has 0 saturated heterocycles. The summed E-state index contributed by atoms with van der Waals surface area (Å²) in [5.41, 5.74) is 2.18. The number of rotatable bonds is 5. The van der Waals surface area contributed by atoms with Crippen LogP contribution in [-0.4, -0.2) is 22.0 Å². The van der Waals surface area contributed by atoms with E-state index in [2.05, 4.69) is 31.7 Å². The Hall–Kier alpha value is -2.16. The third-order valence-electron chi connectivity index (χ3n) is 3.93. The molecule has 0 radical (unpaired) electrons. The minimum absolute atomic E-state index is 0.192. The van der Waals surface area contributed by atoms with Crippen molar-refractivity contribution in [2.24, 2.45) is 0 Å². The monoisotopic (exact) mass is 482 g/mol. The minimum Gasteiger partial charge on any atom is -0.495 e. The number of ether oxygens (including phenoxy) is 1. The Bertz CT molecular complexity index is 1010. The zero-order valence-corrected chi connectivity index (χ0v) is 18.3. The smallest absolute Gasteiger partial charge is 0.176 e. The van der Waals surface area contributed by atoms with Crippen LogP contribution in [0.5, 0.6) is 5.75 Å². The molecule has 1 heterocycles. The molecule has 28 heavy (non-hydrogen) atoms. The summed E-state index contributed by atoms with van der Waals surface area (Å²) >= 11 is 14.9. The van der Waals surface area contributed by atoms with Crippen LogP contribution in [0.25, 0.3) is 0 Å². The highest BCUT2D eigenvalue weighted by molar-refractivity contribution is 9.10. The van der Waals surface area contributed by atoms with Crippen molar-refractivity contribution in [2.75, 3.05) is 17.7 Å². The molecule has 0 aliphatic carbocycles. The van der Waals surface area contributed by atoms with Crippen LogP contribution in [0.2, 0.25) is 5.02 Å². The van der Waals surface area contributed by atoms with E-state index in [1.807, 2.05) is 25.1 Å². The summed E-state index contributed by atoms with van der Waals surface area (Å²) in [5, 5.41) is 11.2. The molecule has 0 saturated carbocycles. The zero-order valence-electron chi connectivity index (χ0n) is 15.1. The summed E-state index contributed by atoms with van der Waals surface area (Å²) < 4.78 is 21.6. The summed E-state index contributed by atoms with van der Waals surface area (Å²) in [5.74, 6) is 0.794. The standard InChI is InChI=1S/C19H17BrClFN4OS/c1-11-6-7-17(27-2)16(8-11)23-19(28)24-18-13(20)10-26(25-18)9-12-14(21)4-3-5-15(12)22/h3-8,10H,9H2,1-2H3,(H2,23,24,25,28). The van der Waals surface area contributed by atoms with Gasteiger partial charge in [0.2, 0.25) is 0 Å². The third-order valence-corrected chi connectivity index (χ3v) is 5.07. The van der Waals surface area contributed by atoms with Gasteiger partial charge in [-0.2, -0.15) is 5.10 Å². The summed E-state index contributed by atoms with van der Waals surface area (Å²) in [4.78, 5) is 0. The Labute approximate surface area is 181 Å². The lowest BCUT2D eigenvalue weighted by Gasteiger charge is -2.13. The molecule has 5 nitrogen and oxygen atoms in total. The molecular weight excluding hydrogens is 467 g/mol. The molecule has 0 spiro atoms. The Morgan fingerprint density at radius 2 is 2.11 bits per heavy atom. The number of aryl methyl sites for hydroxylation is 1. The van der Waals surface area contributed by atoms with Gasteiger partial charge in [-0.25, -0.2) is 4.39 Å². The van der Waals surface area contributed by atoms with E-state index in [1.54, 1.807) is 30.1 Å². The molecule has 2 N–H and O–H groups in total. The predicted molar refractivity (Wildman–Crippen MR) is 118 cm³/mol. The first kappa shape index (κ1) is 20.6. The fraction of sp³-hybridized carbons (Fsp3) is 0.158. The van der Waals surface area contributed by atoms with Crippen LogP contribution in [0.4, 0.5) is 15.9 Å². The molecule has 2 aromatic carbocycles. The number of nitrogens with zero attached hydrogens (tertiary/aromatic N) is 2. The number of hydrogen-bond donors (Lipinski definition) is 2. The van der Waals surface area contributed by atoms with Crippen molar-refractivity contribution in [1.29, 1.82) is 0 Å². The second kappa shape index (κ2) is 8.89. The van der Waals surface area contributed by atoms with E-state index in [1.165, 1.54) is 6.07 Å². The number of anilines is 2. The van der Waals surface area contributed by atoms with Crippen LogP contribution in [-0.2, 0) is 6.54 Å². The normalized spacial score (nSPS) is 10.6. The molecule has 0 atom stereocenters. The first-order valence-electron chi connectivity index (χ1n) is 8.26. The van der Waals surface area contributed by atoms with E-state index in [0.29, 0.717) is 31.7 Å². The number of halogens is 3. The number of thiocarbonyl (C=S) groups is 1. The first-order valence-corrected chi connectivity index (χ1v) is 9.83. The van der Waals surface area contributed by atoms with Gasteiger partial charge >= 0.3 is 0 Å². The number of hydrogen-bond acceptors (Lipinski definition) is 3. The fourth-order valence-corrected chi connectivity index (χ4v) is 3.43. The van der Waals surface area contributed by atoms with Crippen molar-refractivity contribution in [3.63, 3.8) is 0 Å². The maximum Gasteiger partial charge on any atom is 0.176 e. The van der Waals surface area contributed by atoms with Gasteiger partial charge in [0.25, 0.3) is 0 Å². The van der Waals surface area contributed by atoms with Crippen molar-refractivity contribution >= 4 is 56.4 Å². The molecule has 0 aliphatic heterocycles. The average Bonchev–Trinajstić information content (AvgIpc) is 2.97. The second-order valence-corrected chi connectivity index (χ2v) is 7.68. The maximum atomic E-state index is 14.0. The largest absolute Gasteiger partial charge is 0.495 e. The van der Waals surface area contributed by atoms with Gasteiger partial charge < -0.3 is 15.4 Å². The van der Waals surface area contributed by atoms with Crippen molar-refractivity contribution in [3.05, 3.63) is 69.0 Å². The lowest BCUT2D eigenvalue weighted by Crippen LogP contribution is -2.20. The highest BCUT2D eigenvalue weighted by Crippen LogP contribution is 2.27. The van der Waals surface area contributed by atoms with Crippen LogP contribution in [0.1, 0.15) is 11.1 Å². The zero-order chi connectivity index (χ0) is 20.3. The molecule has 146 valence electrons. The molecule has 0 fully saturated rings. The van der Waals surface area contributed by atoms with Gasteiger partial charge in [0, 0.05) is 16.8 Å². The summed E-state index contributed by atoms with van der Waals surface area (Å²) in [6.07, 6.45) is 1.72. The van der Waals surface area contributed by atoms with E-state index < -0.39 is 0 Å². The third kappa shape index (κ3) is 4.81. The minimum atomic E-state index is -0.377. The molecule has 0 bridgehead atoms. The van der Waals surface area contributed by atoms with Gasteiger partial charge in [0.15, 0.2) is 10.9 Å². The van der Waals surface area contributed by atoms with E-state index in [9.17, 15) is 4.39 Å². The Kier molecular flexibility index (Phi) is 6.53. The van der Waals surface area contributed by atoms with Gasteiger partial charge in [0.1, 0.15) is 11.6 Å². The van der Waals surface area contributed by atoms with Crippen LogP contribution >= 0.6 is 39.7 Å². The Morgan fingerprint density at radius 1 is 1.32 bits per heavy atom. The molecule has 3 rings (SSSR count). The van der Waals surface area contributed by atoms with Crippen molar-refractivity contribution in [2.45, 2.75) is 13.5 Å².